The van der Waals surface area contributed by atoms with E-state index in [0.29, 0.717) is 5.69 Å². The third-order valence-corrected chi connectivity index (χ3v) is 2.20. The molecule has 1 rings (SSSR count). The van der Waals surface area contributed by atoms with Crippen molar-refractivity contribution in [2.24, 2.45) is 4.99 Å². The van der Waals surface area contributed by atoms with Gasteiger partial charge in [-0.3, -0.25) is 0 Å². The van der Waals surface area contributed by atoms with E-state index in [1.165, 1.54) is 11.1 Å². The molecule has 74 valence electrons. The highest BCUT2D eigenvalue weighted by Crippen LogP contribution is 2.28. The van der Waals surface area contributed by atoms with Gasteiger partial charge in [-0.15, -0.1) is 0 Å². The van der Waals surface area contributed by atoms with Crippen molar-refractivity contribution in [2.75, 3.05) is 0 Å². The number of hydrogen-bond acceptors (Lipinski definition) is 2. The van der Waals surface area contributed by atoms with Crippen LogP contribution < -0.4 is 0 Å². The predicted molar refractivity (Wildman–Crippen MR) is 57.7 cm³/mol. The first-order chi connectivity index (χ1) is 6.45. The lowest BCUT2D eigenvalue weighted by Crippen LogP contribution is -2.12. The average molecular weight is 189 g/mol. The Hall–Kier alpha value is -1.40. The highest BCUT2D eigenvalue weighted by molar-refractivity contribution is 5.52. The molecule has 0 saturated heterocycles. The molecule has 0 aromatic heterocycles. The third-order valence-electron chi connectivity index (χ3n) is 2.20. The molecule has 1 aromatic rings. The molecule has 0 fully saturated rings. The number of aryl methyl sites for hydroxylation is 1. The van der Waals surface area contributed by atoms with Crippen LogP contribution in [-0.4, -0.2) is 6.08 Å². The molecule has 1 aromatic carbocycles. The third kappa shape index (κ3) is 2.30. The minimum Gasteiger partial charge on any atom is -0.211 e. The van der Waals surface area contributed by atoms with Gasteiger partial charge in [0, 0.05) is 0 Å². The Morgan fingerprint density at radius 3 is 2.43 bits per heavy atom. The van der Waals surface area contributed by atoms with Gasteiger partial charge in [0.25, 0.3) is 0 Å². The second-order valence-corrected chi connectivity index (χ2v) is 4.45. The molecule has 0 bridgehead atoms. The molecule has 0 spiro atoms. The zero-order valence-electron chi connectivity index (χ0n) is 9.09. The molecule has 2 heteroatoms. The fourth-order valence-electron chi connectivity index (χ4n) is 1.54. The van der Waals surface area contributed by atoms with Crippen LogP contribution in [0, 0.1) is 6.92 Å². The van der Waals surface area contributed by atoms with Gasteiger partial charge >= 0.3 is 0 Å². The Balaban J connectivity index is 3.28. The fraction of sp³-hybridized carbons (Fsp3) is 0.417. The lowest BCUT2D eigenvalue weighted by molar-refractivity contribution is 0.565. The quantitative estimate of drug-likeness (QED) is 0.492. The number of aliphatic imine (C=N–C) groups is 1. The van der Waals surface area contributed by atoms with Crippen LogP contribution in [0.15, 0.2) is 23.2 Å². The lowest BCUT2D eigenvalue weighted by Gasteiger charge is -2.21. The average Bonchev–Trinajstić information content (AvgIpc) is 2.07. The van der Waals surface area contributed by atoms with Crippen LogP contribution in [0.1, 0.15) is 31.9 Å². The van der Waals surface area contributed by atoms with Gasteiger partial charge in [-0.2, -0.15) is 4.99 Å². The van der Waals surface area contributed by atoms with E-state index in [4.69, 9.17) is 0 Å². The number of nitrogens with zero attached hydrogens (tertiary/aromatic N) is 1. The molecule has 0 amide bonds. The molecule has 0 radical (unpaired) electrons. The molecule has 0 aliphatic carbocycles. The Bertz CT molecular complexity index is 382. The second kappa shape index (κ2) is 3.77. The Kier molecular flexibility index (Phi) is 2.87. The van der Waals surface area contributed by atoms with E-state index in [9.17, 15) is 4.79 Å². The molecule has 0 heterocycles. The van der Waals surface area contributed by atoms with Gasteiger partial charge in [-0.25, -0.2) is 4.79 Å². The van der Waals surface area contributed by atoms with E-state index in [1.54, 1.807) is 6.08 Å². The van der Waals surface area contributed by atoms with E-state index < -0.39 is 0 Å². The summed E-state index contributed by atoms with van der Waals surface area (Å²) in [6.45, 7) is 8.49. The van der Waals surface area contributed by atoms with Crippen molar-refractivity contribution in [3.63, 3.8) is 0 Å². The molecule has 0 saturated carbocycles. The number of rotatable bonds is 1. The summed E-state index contributed by atoms with van der Waals surface area (Å²) in [5.74, 6) is 0. The SMILES string of the molecule is Cc1ccc(N=C=O)cc1C(C)(C)C. The van der Waals surface area contributed by atoms with Crippen molar-refractivity contribution in [3.8, 4) is 0 Å². The van der Waals surface area contributed by atoms with Gasteiger partial charge in [-0.1, -0.05) is 26.8 Å². The zero-order valence-corrected chi connectivity index (χ0v) is 9.09. The van der Waals surface area contributed by atoms with Gasteiger partial charge in [-0.05, 0) is 35.6 Å². The highest BCUT2D eigenvalue weighted by atomic mass is 16.1. The van der Waals surface area contributed by atoms with Gasteiger partial charge in [0.05, 0.1) is 5.69 Å². The van der Waals surface area contributed by atoms with E-state index >= 15 is 0 Å². The summed E-state index contributed by atoms with van der Waals surface area (Å²) >= 11 is 0. The standard InChI is InChI=1S/C12H15NO/c1-9-5-6-10(13-8-14)7-11(9)12(2,3)4/h5-7H,1-4H3. The van der Waals surface area contributed by atoms with Crippen LogP contribution in [0.25, 0.3) is 0 Å². The van der Waals surface area contributed by atoms with E-state index in [1.807, 2.05) is 18.2 Å². The fourth-order valence-corrected chi connectivity index (χ4v) is 1.54. The van der Waals surface area contributed by atoms with Crippen molar-refractivity contribution in [2.45, 2.75) is 33.1 Å². The molecule has 2 nitrogen and oxygen atoms in total. The van der Waals surface area contributed by atoms with Crippen molar-refractivity contribution in [1.82, 2.24) is 0 Å². The second-order valence-electron chi connectivity index (χ2n) is 4.45. The summed E-state index contributed by atoms with van der Waals surface area (Å²) in [4.78, 5) is 13.7. The minimum absolute atomic E-state index is 0.0818. The summed E-state index contributed by atoms with van der Waals surface area (Å²) in [6.07, 6.45) is 1.56. The number of hydrogen-bond donors (Lipinski definition) is 0. The number of isocyanates is 1. The highest BCUT2D eigenvalue weighted by Gasteiger charge is 2.16. The Morgan fingerprint density at radius 1 is 1.29 bits per heavy atom. The van der Waals surface area contributed by atoms with Crippen LogP contribution in [0.5, 0.6) is 0 Å². The number of benzene rings is 1. The maximum atomic E-state index is 10.1. The van der Waals surface area contributed by atoms with E-state index in [0.717, 1.165) is 0 Å². The summed E-state index contributed by atoms with van der Waals surface area (Å²) in [7, 11) is 0. The molecule has 14 heavy (non-hydrogen) atoms. The minimum atomic E-state index is 0.0818. The van der Waals surface area contributed by atoms with Gasteiger partial charge in [0.1, 0.15) is 0 Å². The van der Waals surface area contributed by atoms with Crippen molar-refractivity contribution >= 4 is 11.8 Å². The van der Waals surface area contributed by atoms with Crippen LogP contribution in [-0.2, 0) is 10.2 Å². The maximum absolute atomic E-state index is 10.1. The first-order valence-corrected chi connectivity index (χ1v) is 4.64. The van der Waals surface area contributed by atoms with E-state index in [-0.39, 0.29) is 5.41 Å². The van der Waals surface area contributed by atoms with Crippen molar-refractivity contribution in [3.05, 3.63) is 29.3 Å². The van der Waals surface area contributed by atoms with E-state index in [2.05, 4.69) is 32.7 Å². The lowest BCUT2D eigenvalue weighted by atomic mass is 9.84. The first kappa shape index (κ1) is 10.7. The largest absolute Gasteiger partial charge is 0.240 e. The predicted octanol–water partition coefficient (Wildman–Crippen LogP) is 3.26. The first-order valence-electron chi connectivity index (χ1n) is 4.64. The molecule has 0 aliphatic heterocycles. The summed E-state index contributed by atoms with van der Waals surface area (Å²) in [5.41, 5.74) is 3.20. The van der Waals surface area contributed by atoms with Gasteiger partial charge in [0.2, 0.25) is 6.08 Å². The van der Waals surface area contributed by atoms with Crippen LogP contribution in [0.3, 0.4) is 0 Å². The van der Waals surface area contributed by atoms with Gasteiger partial charge in [0.15, 0.2) is 0 Å². The summed E-state index contributed by atoms with van der Waals surface area (Å²) in [5, 5.41) is 0. The number of carbonyl (C=O) groups excluding carboxylic acids is 1. The Labute approximate surface area is 84.7 Å². The normalized spacial score (nSPS) is 10.9. The molecule has 0 unspecified atom stereocenters. The summed E-state index contributed by atoms with van der Waals surface area (Å²) < 4.78 is 0. The van der Waals surface area contributed by atoms with Crippen molar-refractivity contribution < 1.29 is 4.79 Å². The molecule has 0 aliphatic rings. The zero-order chi connectivity index (χ0) is 10.8. The van der Waals surface area contributed by atoms with Gasteiger partial charge < -0.3 is 0 Å². The van der Waals surface area contributed by atoms with Crippen LogP contribution >= 0.6 is 0 Å². The molecule has 0 atom stereocenters. The topological polar surface area (TPSA) is 29.4 Å². The van der Waals surface area contributed by atoms with Crippen molar-refractivity contribution in [1.29, 1.82) is 0 Å². The monoisotopic (exact) mass is 189 g/mol. The maximum Gasteiger partial charge on any atom is 0.240 e. The molecule has 0 N–H and O–H groups in total. The molecular weight excluding hydrogens is 174 g/mol. The van der Waals surface area contributed by atoms with Crippen LogP contribution in [0.4, 0.5) is 5.69 Å². The smallest absolute Gasteiger partial charge is 0.211 e. The Morgan fingerprint density at radius 2 is 1.93 bits per heavy atom. The summed E-state index contributed by atoms with van der Waals surface area (Å²) in [6, 6.07) is 5.76. The van der Waals surface area contributed by atoms with Crippen LogP contribution in [0.2, 0.25) is 0 Å². The molecular formula is C12H15NO.